The maximum Gasteiger partial charge on any atom is 0.213 e. The second-order valence-corrected chi connectivity index (χ2v) is 7.35. The molecule has 0 radical (unpaired) electrons. The van der Waals surface area contributed by atoms with E-state index in [1.165, 1.54) is 43.7 Å². The van der Waals surface area contributed by atoms with Crippen molar-refractivity contribution in [1.29, 1.82) is 0 Å². The lowest BCUT2D eigenvalue weighted by molar-refractivity contribution is 0.195. The van der Waals surface area contributed by atoms with Crippen LogP contribution >= 0.6 is 11.8 Å². The Morgan fingerprint density at radius 3 is 2.81 bits per heavy atom. The summed E-state index contributed by atoms with van der Waals surface area (Å²) in [4.78, 5) is 7.98. The Kier molecular flexibility index (Phi) is 5.07. The van der Waals surface area contributed by atoms with Crippen LogP contribution in [0.5, 0.6) is 5.88 Å². The van der Waals surface area contributed by atoms with Gasteiger partial charge in [0.15, 0.2) is 0 Å². The molecular formula is C17H26N2OS. The average molecular weight is 306 g/mol. The number of likely N-dealkylation sites (tertiary alicyclic amines) is 1. The summed E-state index contributed by atoms with van der Waals surface area (Å²) in [6.45, 7) is 3.39. The van der Waals surface area contributed by atoms with Crippen molar-refractivity contribution in [2.75, 3.05) is 33.0 Å². The molecule has 1 saturated heterocycles. The van der Waals surface area contributed by atoms with Crippen molar-refractivity contribution in [3.05, 3.63) is 18.3 Å². The van der Waals surface area contributed by atoms with Gasteiger partial charge in [-0.15, -0.1) is 11.8 Å². The summed E-state index contributed by atoms with van der Waals surface area (Å²) in [5.41, 5.74) is 0. The molecule has 2 atom stereocenters. The minimum absolute atomic E-state index is 0.768. The van der Waals surface area contributed by atoms with E-state index in [0.717, 1.165) is 30.2 Å². The first-order chi connectivity index (χ1) is 10.3. The first kappa shape index (κ1) is 15.2. The highest BCUT2D eigenvalue weighted by Crippen LogP contribution is 2.49. The van der Waals surface area contributed by atoms with E-state index >= 15 is 0 Å². The molecule has 4 heteroatoms. The van der Waals surface area contributed by atoms with Gasteiger partial charge in [0.25, 0.3) is 0 Å². The first-order valence-corrected chi connectivity index (χ1v) is 9.30. The van der Waals surface area contributed by atoms with E-state index in [-0.39, 0.29) is 0 Å². The number of nitrogens with zero attached hydrogens (tertiary/aromatic N) is 2. The molecule has 2 fully saturated rings. The highest BCUT2D eigenvalue weighted by atomic mass is 32.2. The minimum atomic E-state index is 0.768. The van der Waals surface area contributed by atoms with Crippen molar-refractivity contribution in [2.45, 2.75) is 30.6 Å². The van der Waals surface area contributed by atoms with E-state index in [9.17, 15) is 0 Å². The van der Waals surface area contributed by atoms with E-state index in [1.807, 2.05) is 12.3 Å². The summed E-state index contributed by atoms with van der Waals surface area (Å²) >= 11 is 1.71. The first-order valence-electron chi connectivity index (χ1n) is 8.07. The molecule has 1 aliphatic heterocycles. The third kappa shape index (κ3) is 4.13. The van der Waals surface area contributed by atoms with Crippen LogP contribution in [0.25, 0.3) is 0 Å². The molecule has 116 valence electrons. The van der Waals surface area contributed by atoms with Gasteiger partial charge in [0.2, 0.25) is 5.88 Å². The van der Waals surface area contributed by atoms with Gasteiger partial charge in [-0.05, 0) is 75.9 Å². The van der Waals surface area contributed by atoms with E-state index in [0.29, 0.717) is 0 Å². The molecule has 1 aromatic heterocycles. The Balaban J connectivity index is 1.35. The summed E-state index contributed by atoms with van der Waals surface area (Å²) in [5, 5.41) is 0. The van der Waals surface area contributed by atoms with Crippen molar-refractivity contribution < 1.29 is 4.74 Å². The van der Waals surface area contributed by atoms with Gasteiger partial charge in [0.05, 0.1) is 6.61 Å². The molecule has 1 saturated carbocycles. The lowest BCUT2D eigenvalue weighted by Gasteiger charge is -2.29. The van der Waals surface area contributed by atoms with Crippen molar-refractivity contribution in [3.63, 3.8) is 0 Å². The Morgan fingerprint density at radius 2 is 2.14 bits per heavy atom. The van der Waals surface area contributed by atoms with Gasteiger partial charge in [0, 0.05) is 17.2 Å². The molecule has 2 heterocycles. The lowest BCUT2D eigenvalue weighted by atomic mass is 9.91. The lowest BCUT2D eigenvalue weighted by Crippen LogP contribution is -2.31. The topological polar surface area (TPSA) is 25.4 Å². The number of pyridine rings is 1. The van der Waals surface area contributed by atoms with Crippen LogP contribution in [0, 0.1) is 17.8 Å². The summed E-state index contributed by atoms with van der Waals surface area (Å²) < 4.78 is 5.78. The third-order valence-corrected chi connectivity index (χ3v) is 5.74. The molecule has 0 amide bonds. The van der Waals surface area contributed by atoms with Crippen molar-refractivity contribution in [1.82, 2.24) is 9.88 Å². The molecule has 0 bridgehead atoms. The van der Waals surface area contributed by atoms with Crippen LogP contribution in [0.2, 0.25) is 0 Å². The number of aromatic nitrogens is 1. The smallest absolute Gasteiger partial charge is 0.213 e. The quantitative estimate of drug-likeness (QED) is 0.751. The number of hydrogen-bond acceptors (Lipinski definition) is 4. The highest BCUT2D eigenvalue weighted by molar-refractivity contribution is 7.98. The van der Waals surface area contributed by atoms with Gasteiger partial charge in [-0.25, -0.2) is 4.98 Å². The summed E-state index contributed by atoms with van der Waals surface area (Å²) in [6.07, 6.45) is 9.37. The summed E-state index contributed by atoms with van der Waals surface area (Å²) in [6, 6.07) is 4.05. The maximum absolute atomic E-state index is 5.78. The Bertz CT molecular complexity index is 443. The van der Waals surface area contributed by atoms with Crippen molar-refractivity contribution in [2.24, 2.45) is 17.8 Å². The van der Waals surface area contributed by atoms with Crippen LogP contribution in [-0.2, 0) is 0 Å². The molecule has 3 rings (SSSR count). The fourth-order valence-corrected chi connectivity index (χ4v) is 3.89. The minimum Gasteiger partial charge on any atom is -0.478 e. The predicted molar refractivity (Wildman–Crippen MR) is 87.9 cm³/mol. The zero-order valence-corrected chi connectivity index (χ0v) is 13.9. The second kappa shape index (κ2) is 7.01. The van der Waals surface area contributed by atoms with E-state index < -0.39 is 0 Å². The second-order valence-electron chi connectivity index (χ2n) is 6.47. The molecule has 2 aliphatic rings. The van der Waals surface area contributed by atoms with Crippen LogP contribution in [0.3, 0.4) is 0 Å². The van der Waals surface area contributed by atoms with Gasteiger partial charge in [-0.1, -0.05) is 0 Å². The van der Waals surface area contributed by atoms with Gasteiger partial charge in [-0.3, -0.25) is 0 Å². The molecule has 21 heavy (non-hydrogen) atoms. The normalized spacial score (nSPS) is 26.8. The average Bonchev–Trinajstić information content (AvgIpc) is 3.28. The van der Waals surface area contributed by atoms with Crippen molar-refractivity contribution in [3.8, 4) is 5.88 Å². The molecule has 1 aliphatic carbocycles. The van der Waals surface area contributed by atoms with Gasteiger partial charge in [0.1, 0.15) is 0 Å². The van der Waals surface area contributed by atoms with Crippen LogP contribution in [0.15, 0.2) is 23.2 Å². The molecule has 3 nitrogen and oxygen atoms in total. The molecule has 0 N–H and O–H groups in total. The molecule has 2 unspecified atom stereocenters. The summed E-state index contributed by atoms with van der Waals surface area (Å²) in [5.74, 6) is 3.63. The van der Waals surface area contributed by atoms with Crippen LogP contribution in [-0.4, -0.2) is 42.9 Å². The monoisotopic (exact) mass is 306 g/mol. The standard InChI is InChI=1S/C17H26N2OS/c1-19-8-5-13(6-9-19)16-11-14(16)7-10-20-17-4-3-15(21-2)12-18-17/h3-4,12-14,16H,5-11H2,1-2H3. The maximum atomic E-state index is 5.78. The van der Waals surface area contributed by atoms with E-state index in [2.05, 4.69) is 29.3 Å². The SMILES string of the molecule is CSc1ccc(OCCC2CC2C2CCN(C)CC2)nc1. The zero-order chi connectivity index (χ0) is 14.7. The van der Waals surface area contributed by atoms with Crippen LogP contribution in [0.1, 0.15) is 25.7 Å². The number of hydrogen-bond donors (Lipinski definition) is 0. The molecule has 0 spiro atoms. The van der Waals surface area contributed by atoms with Crippen molar-refractivity contribution >= 4 is 11.8 Å². The Labute approximate surface area is 132 Å². The zero-order valence-electron chi connectivity index (χ0n) is 13.1. The summed E-state index contributed by atoms with van der Waals surface area (Å²) in [7, 11) is 2.24. The molecule has 0 aromatic carbocycles. The highest BCUT2D eigenvalue weighted by Gasteiger charge is 2.42. The Hall–Kier alpha value is -0.740. The fraction of sp³-hybridized carbons (Fsp3) is 0.706. The van der Waals surface area contributed by atoms with Gasteiger partial charge >= 0.3 is 0 Å². The largest absolute Gasteiger partial charge is 0.478 e. The number of thioether (sulfide) groups is 1. The van der Waals surface area contributed by atoms with Gasteiger partial charge in [-0.2, -0.15) is 0 Å². The van der Waals surface area contributed by atoms with Crippen LogP contribution in [0.4, 0.5) is 0 Å². The fourth-order valence-electron chi connectivity index (χ4n) is 3.52. The number of piperidine rings is 1. The van der Waals surface area contributed by atoms with Gasteiger partial charge < -0.3 is 9.64 Å². The third-order valence-electron chi connectivity index (χ3n) is 5.03. The molecule has 1 aromatic rings. The molecular weight excluding hydrogens is 280 g/mol. The van der Waals surface area contributed by atoms with Crippen LogP contribution < -0.4 is 4.74 Å². The van der Waals surface area contributed by atoms with E-state index in [1.54, 1.807) is 11.8 Å². The predicted octanol–water partition coefficient (Wildman–Crippen LogP) is 3.55. The van der Waals surface area contributed by atoms with E-state index in [4.69, 9.17) is 4.74 Å². The number of rotatable bonds is 6. The Morgan fingerprint density at radius 1 is 1.33 bits per heavy atom. The number of ether oxygens (including phenoxy) is 1.